The summed E-state index contributed by atoms with van der Waals surface area (Å²) in [7, 11) is 0. The predicted octanol–water partition coefficient (Wildman–Crippen LogP) is 11.8. The van der Waals surface area contributed by atoms with Gasteiger partial charge in [-0.2, -0.15) is 0 Å². The van der Waals surface area contributed by atoms with Crippen molar-refractivity contribution in [2.75, 3.05) is 0 Å². The molecule has 3 nitrogen and oxygen atoms in total. The lowest BCUT2D eigenvalue weighted by molar-refractivity contribution is 0.590. The lowest BCUT2D eigenvalue weighted by Gasteiger charge is -2.20. The zero-order valence-corrected chi connectivity index (χ0v) is 29.4. The molecule has 0 saturated carbocycles. The first-order valence-corrected chi connectivity index (χ1v) is 16.5. The van der Waals surface area contributed by atoms with Gasteiger partial charge in [-0.25, -0.2) is 4.98 Å². The second-order valence-corrected chi connectivity index (χ2v) is 14.8. The van der Waals surface area contributed by atoms with Gasteiger partial charge in [0.15, 0.2) is 0 Å². The van der Waals surface area contributed by atoms with Crippen molar-refractivity contribution >= 4 is 17.1 Å². The molecule has 46 heavy (non-hydrogen) atoms. The molecule has 0 radical (unpaired) electrons. The summed E-state index contributed by atoms with van der Waals surface area (Å²) in [6.07, 6.45) is 5.43. The number of aromatic nitrogens is 1. The molecule has 0 saturated heterocycles. The van der Waals surface area contributed by atoms with E-state index in [4.69, 9.17) is 15.0 Å². The Morgan fingerprint density at radius 2 is 1.11 bits per heavy atom. The summed E-state index contributed by atoms with van der Waals surface area (Å²) >= 11 is 0. The Balaban J connectivity index is 1.61. The van der Waals surface area contributed by atoms with Crippen LogP contribution in [0.15, 0.2) is 118 Å². The molecule has 1 aliphatic rings. The van der Waals surface area contributed by atoms with Gasteiger partial charge >= 0.3 is 0 Å². The topological polar surface area (TPSA) is 37.6 Å². The molecule has 3 heteroatoms. The molecule has 5 rings (SSSR count). The van der Waals surface area contributed by atoms with Gasteiger partial charge in [0, 0.05) is 22.7 Å². The van der Waals surface area contributed by atoms with E-state index in [2.05, 4.69) is 154 Å². The Kier molecular flexibility index (Phi) is 9.44. The summed E-state index contributed by atoms with van der Waals surface area (Å²) in [4.78, 5) is 15.5. The first-order chi connectivity index (χ1) is 21.7. The van der Waals surface area contributed by atoms with Crippen molar-refractivity contribution in [2.24, 2.45) is 15.9 Å². The highest BCUT2D eigenvalue weighted by Gasteiger charge is 2.18. The number of benzene rings is 3. The molecule has 0 fully saturated rings. The maximum Gasteiger partial charge on any atom is 0.0849 e. The van der Waals surface area contributed by atoms with Crippen LogP contribution in [-0.4, -0.2) is 16.4 Å². The smallest absolute Gasteiger partial charge is 0.0849 e. The number of pyridine rings is 1. The molecular formula is C43H49N3. The lowest BCUT2D eigenvalue weighted by atomic mass is 9.85. The van der Waals surface area contributed by atoms with E-state index in [1.807, 2.05) is 12.1 Å². The average Bonchev–Trinajstić information content (AvgIpc) is 3.02. The second kappa shape index (κ2) is 13.2. The summed E-state index contributed by atoms with van der Waals surface area (Å²) < 4.78 is 0. The summed E-state index contributed by atoms with van der Waals surface area (Å²) in [6, 6.07) is 30.6. The van der Waals surface area contributed by atoms with Gasteiger partial charge in [0.25, 0.3) is 0 Å². The highest BCUT2D eigenvalue weighted by Crippen LogP contribution is 2.41. The van der Waals surface area contributed by atoms with E-state index in [1.54, 1.807) is 0 Å². The Bertz CT molecular complexity index is 1760. The number of rotatable bonds is 6. The maximum atomic E-state index is 5.36. The molecule has 0 bridgehead atoms. The molecule has 0 aliphatic heterocycles. The number of para-hydroxylation sites is 1. The van der Waals surface area contributed by atoms with E-state index in [0.717, 1.165) is 62.9 Å². The van der Waals surface area contributed by atoms with Gasteiger partial charge in [0.2, 0.25) is 0 Å². The fourth-order valence-corrected chi connectivity index (χ4v) is 5.96. The standard InChI is InChI=1S/C43H49N3/c1-28-14-11-15-29(2)40(28)44-30(3)38-18-13-19-39(46-38)31(4)45-41-36(32-20-24-34(25-21-32)42(5,6)7)16-12-17-37(41)33-22-26-35(27-23-33)43(8,9)10/h11-14,16-27,29H,15H2,1-10H3. The Morgan fingerprint density at radius 1 is 0.652 bits per heavy atom. The molecule has 1 unspecified atom stereocenters. The molecule has 1 aliphatic carbocycles. The van der Waals surface area contributed by atoms with Crippen molar-refractivity contribution in [2.45, 2.75) is 86.5 Å². The monoisotopic (exact) mass is 607 g/mol. The summed E-state index contributed by atoms with van der Waals surface area (Å²) in [5.74, 6) is 0.399. The number of allylic oxidation sites excluding steroid dienone is 4. The van der Waals surface area contributed by atoms with Crippen molar-refractivity contribution in [3.8, 4) is 22.3 Å². The molecule has 1 heterocycles. The Morgan fingerprint density at radius 3 is 1.57 bits per heavy atom. The summed E-state index contributed by atoms with van der Waals surface area (Å²) in [5, 5.41) is 0. The molecule has 1 aromatic heterocycles. The van der Waals surface area contributed by atoms with Crippen molar-refractivity contribution in [1.82, 2.24) is 4.98 Å². The van der Waals surface area contributed by atoms with Gasteiger partial charge in [0.05, 0.1) is 28.5 Å². The molecular weight excluding hydrogens is 558 g/mol. The van der Waals surface area contributed by atoms with E-state index in [1.165, 1.54) is 16.7 Å². The van der Waals surface area contributed by atoms with Crippen LogP contribution in [0.2, 0.25) is 0 Å². The zero-order valence-electron chi connectivity index (χ0n) is 29.4. The third kappa shape index (κ3) is 7.36. The highest BCUT2D eigenvalue weighted by molar-refractivity contribution is 6.04. The van der Waals surface area contributed by atoms with Crippen LogP contribution in [0.4, 0.5) is 5.69 Å². The number of aliphatic imine (C=N–C) groups is 2. The Labute approximate surface area is 277 Å². The SMILES string of the molecule is CC(=NC1=C(C)C=CCC1C)c1cccc(C(C)=Nc2c(-c3ccc(C(C)(C)C)cc3)cccc2-c2ccc(C(C)(C)C)cc2)n1. The van der Waals surface area contributed by atoms with Gasteiger partial charge in [-0.15, -0.1) is 0 Å². The van der Waals surface area contributed by atoms with Gasteiger partial charge in [-0.1, -0.05) is 133 Å². The zero-order chi connectivity index (χ0) is 33.2. The van der Waals surface area contributed by atoms with Crippen LogP contribution in [-0.2, 0) is 10.8 Å². The number of hydrogen-bond acceptors (Lipinski definition) is 3. The van der Waals surface area contributed by atoms with Crippen LogP contribution >= 0.6 is 0 Å². The van der Waals surface area contributed by atoms with E-state index >= 15 is 0 Å². The van der Waals surface area contributed by atoms with Crippen molar-refractivity contribution in [3.63, 3.8) is 0 Å². The fraction of sp³-hybridized carbons (Fsp3) is 0.326. The van der Waals surface area contributed by atoms with Crippen LogP contribution in [0.1, 0.15) is 98.2 Å². The Hall–Kier alpha value is -4.37. The quantitative estimate of drug-likeness (QED) is 0.201. The molecule has 0 spiro atoms. The first kappa shape index (κ1) is 33.0. The van der Waals surface area contributed by atoms with Crippen LogP contribution in [0.3, 0.4) is 0 Å². The highest BCUT2D eigenvalue weighted by atomic mass is 14.8. The summed E-state index contributed by atoms with van der Waals surface area (Å²) in [5.41, 5.74) is 14.1. The van der Waals surface area contributed by atoms with E-state index in [0.29, 0.717) is 5.92 Å². The van der Waals surface area contributed by atoms with Crippen LogP contribution in [0.25, 0.3) is 22.3 Å². The molecule has 1 atom stereocenters. The molecule has 0 N–H and O–H groups in total. The molecule has 4 aromatic rings. The largest absolute Gasteiger partial charge is 0.255 e. The molecule has 0 amide bonds. The van der Waals surface area contributed by atoms with Crippen LogP contribution in [0, 0.1) is 5.92 Å². The van der Waals surface area contributed by atoms with E-state index < -0.39 is 0 Å². The predicted molar refractivity (Wildman–Crippen MR) is 199 cm³/mol. The minimum atomic E-state index is 0.0891. The minimum absolute atomic E-state index is 0.0891. The third-order valence-electron chi connectivity index (χ3n) is 8.95. The van der Waals surface area contributed by atoms with Gasteiger partial charge < -0.3 is 0 Å². The average molecular weight is 608 g/mol. The van der Waals surface area contributed by atoms with Crippen LogP contribution < -0.4 is 0 Å². The summed E-state index contributed by atoms with van der Waals surface area (Å²) in [6.45, 7) is 22.0. The number of hydrogen-bond donors (Lipinski definition) is 0. The third-order valence-corrected chi connectivity index (χ3v) is 8.95. The van der Waals surface area contributed by atoms with Crippen molar-refractivity contribution in [3.05, 3.63) is 131 Å². The number of nitrogens with zero attached hydrogens (tertiary/aromatic N) is 3. The molecule has 236 valence electrons. The van der Waals surface area contributed by atoms with Crippen LogP contribution in [0.5, 0.6) is 0 Å². The fourth-order valence-electron chi connectivity index (χ4n) is 5.96. The van der Waals surface area contributed by atoms with Crippen molar-refractivity contribution in [1.29, 1.82) is 0 Å². The van der Waals surface area contributed by atoms with Gasteiger partial charge in [0.1, 0.15) is 0 Å². The lowest BCUT2D eigenvalue weighted by Crippen LogP contribution is -2.10. The molecule has 3 aromatic carbocycles. The van der Waals surface area contributed by atoms with Crippen molar-refractivity contribution < 1.29 is 0 Å². The second-order valence-electron chi connectivity index (χ2n) is 14.8. The van der Waals surface area contributed by atoms with E-state index in [9.17, 15) is 0 Å². The first-order valence-electron chi connectivity index (χ1n) is 16.5. The van der Waals surface area contributed by atoms with E-state index in [-0.39, 0.29) is 10.8 Å². The minimum Gasteiger partial charge on any atom is -0.255 e. The maximum absolute atomic E-state index is 5.36. The normalized spacial score (nSPS) is 16.3. The van der Waals surface area contributed by atoms with Gasteiger partial charge in [-0.05, 0) is 78.0 Å². The van der Waals surface area contributed by atoms with Gasteiger partial charge in [-0.3, -0.25) is 9.98 Å².